The van der Waals surface area contributed by atoms with Gasteiger partial charge in [-0.2, -0.15) is 0 Å². The highest BCUT2D eigenvalue weighted by atomic mass is 35.5. The highest BCUT2D eigenvalue weighted by Crippen LogP contribution is 2.44. The quantitative estimate of drug-likeness (QED) is 0.103. The van der Waals surface area contributed by atoms with Gasteiger partial charge in [-0.25, -0.2) is 4.98 Å². The summed E-state index contributed by atoms with van der Waals surface area (Å²) in [5.41, 5.74) is 1.63. The van der Waals surface area contributed by atoms with E-state index in [0.29, 0.717) is 51.5 Å². The van der Waals surface area contributed by atoms with Crippen molar-refractivity contribution in [3.63, 3.8) is 0 Å². The monoisotopic (exact) mass is 560 g/mol. The lowest BCUT2D eigenvalue weighted by molar-refractivity contribution is -0.132. The van der Waals surface area contributed by atoms with Crippen LogP contribution in [0.2, 0.25) is 5.02 Å². The van der Waals surface area contributed by atoms with Crippen LogP contribution in [0.4, 0.5) is 5.13 Å². The molecule has 0 saturated carbocycles. The third-order valence-corrected chi connectivity index (χ3v) is 7.41. The molecule has 7 nitrogen and oxygen atoms in total. The minimum Gasteiger partial charge on any atom is -0.507 e. The van der Waals surface area contributed by atoms with Gasteiger partial charge < -0.3 is 14.6 Å². The highest BCUT2D eigenvalue weighted by Gasteiger charge is 2.48. The molecule has 5 rings (SSSR count). The molecule has 198 valence electrons. The number of hydrogen-bond acceptors (Lipinski definition) is 7. The number of aliphatic hydroxyl groups excluding tert-OH is 1. The Kier molecular flexibility index (Phi) is 7.67. The molecule has 4 aromatic rings. The Morgan fingerprint density at radius 2 is 1.77 bits per heavy atom. The van der Waals surface area contributed by atoms with E-state index >= 15 is 0 Å². The number of aromatic nitrogens is 1. The summed E-state index contributed by atoms with van der Waals surface area (Å²) in [5, 5.41) is 12.3. The Labute approximate surface area is 234 Å². The summed E-state index contributed by atoms with van der Waals surface area (Å²) in [4.78, 5) is 32.9. The fourth-order valence-electron chi connectivity index (χ4n) is 4.32. The number of hydrogen-bond donors (Lipinski definition) is 1. The van der Waals surface area contributed by atoms with E-state index in [0.717, 1.165) is 11.1 Å². The second-order valence-electron chi connectivity index (χ2n) is 8.82. The third kappa shape index (κ3) is 5.26. The molecule has 1 amide bonds. The summed E-state index contributed by atoms with van der Waals surface area (Å²) in [5.74, 6) is -0.602. The zero-order valence-electron chi connectivity index (χ0n) is 21.1. The van der Waals surface area contributed by atoms with E-state index in [1.165, 1.54) is 16.2 Å². The Morgan fingerprint density at radius 1 is 1.08 bits per heavy atom. The molecule has 1 aliphatic rings. The van der Waals surface area contributed by atoms with Crippen molar-refractivity contribution in [3.8, 4) is 11.5 Å². The standard InChI is InChI=1S/C30H25ClN2O5S/c1-3-15-37-21-10-5-18(6-11-21)26-25(27(34)19-7-12-22(13-8-19)38-16-4-2)28(35)29(36)33(26)30-32-23-14-9-20(31)17-24(23)39-30/h3,5-14,17,26,34H,1,4,15-16H2,2H3/b27-25+. The van der Waals surface area contributed by atoms with E-state index in [9.17, 15) is 14.7 Å². The normalized spacial score (nSPS) is 16.6. The molecule has 1 aromatic heterocycles. The van der Waals surface area contributed by atoms with Gasteiger partial charge >= 0.3 is 5.91 Å². The van der Waals surface area contributed by atoms with Crippen LogP contribution in [-0.4, -0.2) is 35.0 Å². The number of rotatable bonds is 9. The van der Waals surface area contributed by atoms with Gasteiger partial charge in [0, 0.05) is 10.6 Å². The minimum atomic E-state index is -0.912. The number of fused-ring (bicyclic) bond motifs is 1. The van der Waals surface area contributed by atoms with Crippen molar-refractivity contribution >= 4 is 55.7 Å². The molecule has 1 saturated heterocycles. The molecule has 9 heteroatoms. The third-order valence-electron chi connectivity index (χ3n) is 6.15. The van der Waals surface area contributed by atoms with E-state index in [-0.39, 0.29) is 11.3 Å². The first-order valence-corrected chi connectivity index (χ1v) is 13.5. The summed E-state index contributed by atoms with van der Waals surface area (Å²) in [7, 11) is 0. The van der Waals surface area contributed by atoms with Crippen molar-refractivity contribution in [1.82, 2.24) is 4.98 Å². The summed E-state index contributed by atoms with van der Waals surface area (Å²) in [6, 6.07) is 18.1. The molecule has 1 atom stereocenters. The SMILES string of the molecule is C=CCOc1ccc(C2/C(=C(\O)c3ccc(OCCC)cc3)C(=O)C(=O)N2c2nc3ccc(Cl)cc3s2)cc1. The number of Topliss-reactive ketones (excluding diaryl/α,β-unsaturated/α-hetero) is 1. The highest BCUT2D eigenvalue weighted by molar-refractivity contribution is 7.22. The molecule has 1 aliphatic heterocycles. The summed E-state index contributed by atoms with van der Waals surface area (Å²) in [6.07, 6.45) is 2.50. The number of amides is 1. The van der Waals surface area contributed by atoms with Crippen LogP contribution >= 0.6 is 22.9 Å². The van der Waals surface area contributed by atoms with Crippen molar-refractivity contribution in [2.45, 2.75) is 19.4 Å². The zero-order chi connectivity index (χ0) is 27.5. The van der Waals surface area contributed by atoms with Gasteiger partial charge in [-0.1, -0.05) is 54.6 Å². The van der Waals surface area contributed by atoms with Gasteiger partial charge in [0.15, 0.2) is 5.13 Å². The van der Waals surface area contributed by atoms with Crippen LogP contribution in [0.3, 0.4) is 0 Å². The number of carbonyl (C=O) groups excluding carboxylic acids is 2. The second-order valence-corrected chi connectivity index (χ2v) is 10.3. The van der Waals surface area contributed by atoms with E-state index in [1.807, 2.05) is 6.92 Å². The molecule has 0 aliphatic carbocycles. The predicted octanol–water partition coefficient (Wildman–Crippen LogP) is 6.93. The Hall–Kier alpha value is -4.14. The maximum Gasteiger partial charge on any atom is 0.301 e. The molecule has 0 bridgehead atoms. The Morgan fingerprint density at radius 3 is 2.46 bits per heavy atom. The number of anilines is 1. The van der Waals surface area contributed by atoms with Crippen LogP contribution in [-0.2, 0) is 9.59 Å². The summed E-state index contributed by atoms with van der Waals surface area (Å²) in [6.45, 7) is 6.57. The van der Waals surface area contributed by atoms with Gasteiger partial charge in [0.25, 0.3) is 5.78 Å². The van der Waals surface area contributed by atoms with Crippen LogP contribution in [0, 0.1) is 0 Å². The molecular weight excluding hydrogens is 536 g/mol. The van der Waals surface area contributed by atoms with Crippen molar-refractivity contribution in [2.75, 3.05) is 18.1 Å². The van der Waals surface area contributed by atoms with Crippen LogP contribution in [0.15, 0.2) is 85.0 Å². The van der Waals surface area contributed by atoms with Gasteiger partial charge in [0.05, 0.1) is 28.4 Å². The molecule has 0 spiro atoms. The lowest BCUT2D eigenvalue weighted by Crippen LogP contribution is -2.29. The largest absolute Gasteiger partial charge is 0.507 e. The molecule has 39 heavy (non-hydrogen) atoms. The number of halogens is 1. The molecule has 1 fully saturated rings. The number of nitrogens with zero attached hydrogens (tertiary/aromatic N) is 2. The number of ether oxygens (including phenoxy) is 2. The first-order valence-electron chi connectivity index (χ1n) is 12.3. The minimum absolute atomic E-state index is 0.0284. The zero-order valence-corrected chi connectivity index (χ0v) is 22.7. The molecule has 2 heterocycles. The van der Waals surface area contributed by atoms with Gasteiger partial charge in [-0.15, -0.1) is 0 Å². The molecule has 0 radical (unpaired) electrons. The van der Waals surface area contributed by atoms with Crippen LogP contribution in [0.25, 0.3) is 16.0 Å². The molecule has 1 unspecified atom stereocenters. The lowest BCUT2D eigenvalue weighted by atomic mass is 9.95. The first kappa shape index (κ1) is 26.5. The average molecular weight is 561 g/mol. The number of carbonyl (C=O) groups is 2. The first-order chi connectivity index (χ1) is 18.9. The maximum absolute atomic E-state index is 13.5. The fourth-order valence-corrected chi connectivity index (χ4v) is 5.59. The predicted molar refractivity (Wildman–Crippen MR) is 154 cm³/mol. The van der Waals surface area contributed by atoms with Crippen molar-refractivity contribution in [2.24, 2.45) is 0 Å². The Balaban J connectivity index is 1.62. The van der Waals surface area contributed by atoms with E-state index in [4.69, 9.17) is 21.1 Å². The maximum atomic E-state index is 13.5. The van der Waals surface area contributed by atoms with Crippen molar-refractivity contribution in [3.05, 3.63) is 101 Å². The van der Waals surface area contributed by atoms with Gasteiger partial charge in [-0.3, -0.25) is 14.5 Å². The van der Waals surface area contributed by atoms with E-state index in [1.54, 1.807) is 72.8 Å². The second kappa shape index (κ2) is 11.3. The molecule has 1 N–H and O–H groups in total. The summed E-state index contributed by atoms with van der Waals surface area (Å²) >= 11 is 7.41. The van der Waals surface area contributed by atoms with Crippen LogP contribution < -0.4 is 14.4 Å². The number of thiazole rings is 1. The van der Waals surface area contributed by atoms with E-state index in [2.05, 4.69) is 11.6 Å². The average Bonchev–Trinajstić information content (AvgIpc) is 3.48. The smallest absolute Gasteiger partial charge is 0.301 e. The number of aliphatic hydroxyl groups is 1. The number of ketones is 1. The van der Waals surface area contributed by atoms with Crippen molar-refractivity contribution < 1.29 is 24.2 Å². The van der Waals surface area contributed by atoms with E-state index < -0.39 is 17.7 Å². The lowest BCUT2D eigenvalue weighted by Gasteiger charge is -2.23. The molecule has 3 aromatic carbocycles. The Bertz CT molecular complexity index is 1580. The van der Waals surface area contributed by atoms with Gasteiger partial charge in [-0.05, 0) is 66.6 Å². The summed E-state index contributed by atoms with van der Waals surface area (Å²) < 4.78 is 12.0. The molecular formula is C30H25ClN2O5S. The topological polar surface area (TPSA) is 89.0 Å². The van der Waals surface area contributed by atoms with Crippen LogP contribution in [0.1, 0.15) is 30.5 Å². The van der Waals surface area contributed by atoms with Gasteiger partial charge in [0.2, 0.25) is 0 Å². The fraction of sp³-hybridized carbons (Fsp3) is 0.167. The van der Waals surface area contributed by atoms with Crippen LogP contribution in [0.5, 0.6) is 11.5 Å². The van der Waals surface area contributed by atoms with Gasteiger partial charge in [0.1, 0.15) is 23.9 Å². The van der Waals surface area contributed by atoms with Crippen molar-refractivity contribution in [1.29, 1.82) is 0 Å². The number of benzene rings is 3.